The van der Waals surface area contributed by atoms with Crippen LogP contribution in [0.2, 0.25) is 0 Å². The van der Waals surface area contributed by atoms with E-state index in [4.69, 9.17) is 21.1 Å². The molecule has 5 N–H and O–H groups in total. The van der Waals surface area contributed by atoms with E-state index in [1.165, 1.54) is 5.56 Å². The minimum Gasteiger partial charge on any atom is -0.481 e. The van der Waals surface area contributed by atoms with Crippen LogP contribution in [0.25, 0.3) is 0 Å². The topological polar surface area (TPSA) is 121 Å². The van der Waals surface area contributed by atoms with Crippen molar-refractivity contribution in [3.8, 4) is 0 Å². The molecule has 2 atom stereocenters. The molecule has 0 bridgehead atoms. The van der Waals surface area contributed by atoms with Crippen LogP contribution in [0.5, 0.6) is 0 Å². The lowest BCUT2D eigenvalue weighted by Gasteiger charge is -2.06. The maximum absolute atomic E-state index is 9.72. The molecule has 0 aliphatic heterocycles. The largest absolute Gasteiger partial charge is 0.481 e. The predicted molar refractivity (Wildman–Crippen MR) is 69.8 cm³/mol. The Balaban J connectivity index is 0.000000344. The molecule has 1 aromatic rings. The highest BCUT2D eigenvalue weighted by molar-refractivity contribution is 5.79. The highest BCUT2D eigenvalue weighted by atomic mass is 16.4. The number of carboxylic acids is 2. The third-order valence-corrected chi connectivity index (χ3v) is 2.38. The number of carbonyl (C=O) groups is 2. The number of carboxylic acid groups (broad SMARTS) is 2. The minimum atomic E-state index is -1.79. The van der Waals surface area contributed by atoms with Crippen LogP contribution in [0.1, 0.15) is 24.8 Å². The summed E-state index contributed by atoms with van der Waals surface area (Å²) in [6.45, 7) is 2.86. The van der Waals surface area contributed by atoms with E-state index in [1.807, 2.05) is 18.2 Å². The number of aliphatic carboxylic acids is 2. The second-order valence-electron chi connectivity index (χ2n) is 4.00. The molecule has 0 aliphatic carbocycles. The molecule has 106 valence electrons. The average Bonchev–Trinajstić information content (AvgIpc) is 2.38. The van der Waals surface area contributed by atoms with Crippen molar-refractivity contribution in [3.63, 3.8) is 0 Å². The van der Waals surface area contributed by atoms with Crippen molar-refractivity contribution in [3.05, 3.63) is 35.9 Å². The van der Waals surface area contributed by atoms with Crippen molar-refractivity contribution < 1.29 is 24.9 Å². The molecule has 19 heavy (non-hydrogen) atoms. The van der Waals surface area contributed by atoms with Crippen molar-refractivity contribution in [2.45, 2.75) is 25.4 Å². The third-order valence-electron chi connectivity index (χ3n) is 2.38. The summed E-state index contributed by atoms with van der Waals surface area (Å²) < 4.78 is 0. The molecular formula is C13H19NO5. The number of hydrogen-bond donors (Lipinski definition) is 4. The van der Waals surface area contributed by atoms with Gasteiger partial charge in [-0.25, -0.2) is 4.79 Å². The first-order chi connectivity index (χ1) is 8.88. The Bertz CT molecular complexity index is 393. The van der Waals surface area contributed by atoms with Gasteiger partial charge in [0.05, 0.1) is 6.42 Å². The van der Waals surface area contributed by atoms with Gasteiger partial charge in [0.1, 0.15) is 0 Å². The fourth-order valence-corrected chi connectivity index (χ4v) is 1.17. The van der Waals surface area contributed by atoms with Gasteiger partial charge in [-0.05, 0) is 18.0 Å². The molecule has 0 fully saturated rings. The summed E-state index contributed by atoms with van der Waals surface area (Å²) in [5, 5.41) is 24.1. The van der Waals surface area contributed by atoms with Crippen LogP contribution in [0.4, 0.5) is 0 Å². The maximum Gasteiger partial charge on any atom is 0.333 e. The average molecular weight is 269 g/mol. The lowest BCUT2D eigenvalue weighted by Crippen LogP contribution is -2.22. The molecular weight excluding hydrogens is 250 g/mol. The van der Waals surface area contributed by atoms with E-state index in [9.17, 15) is 9.59 Å². The normalized spacial score (nSPS) is 12.8. The number of hydrogen-bond acceptors (Lipinski definition) is 4. The zero-order valence-electron chi connectivity index (χ0n) is 10.7. The molecule has 0 saturated heterocycles. The monoisotopic (exact) mass is 269 g/mol. The SMILES string of the molecule is CC(CN)c1ccccc1.O=C(O)CC(O)C(=O)O. The molecule has 6 heteroatoms. The van der Waals surface area contributed by atoms with E-state index in [0.29, 0.717) is 5.92 Å². The van der Waals surface area contributed by atoms with Crippen LogP contribution in [0.3, 0.4) is 0 Å². The summed E-state index contributed by atoms with van der Waals surface area (Å²) in [5.41, 5.74) is 6.83. The molecule has 2 unspecified atom stereocenters. The van der Waals surface area contributed by atoms with Crippen LogP contribution >= 0.6 is 0 Å². The van der Waals surface area contributed by atoms with E-state index in [1.54, 1.807) is 0 Å². The first-order valence-corrected chi connectivity index (χ1v) is 5.76. The molecule has 0 amide bonds. The Labute approximate surface area is 111 Å². The number of aliphatic hydroxyl groups excluding tert-OH is 1. The van der Waals surface area contributed by atoms with E-state index in [-0.39, 0.29) is 0 Å². The Morgan fingerprint density at radius 3 is 2.05 bits per heavy atom. The predicted octanol–water partition coefficient (Wildman–Crippen LogP) is 0.655. The molecule has 0 spiro atoms. The Hall–Kier alpha value is -1.92. The molecule has 1 aromatic carbocycles. The minimum absolute atomic E-state index is 0.487. The summed E-state index contributed by atoms with van der Waals surface area (Å²) in [6.07, 6.45) is -2.54. The van der Waals surface area contributed by atoms with Crippen LogP contribution < -0.4 is 5.73 Å². The van der Waals surface area contributed by atoms with E-state index < -0.39 is 24.5 Å². The molecule has 0 aromatic heterocycles. The summed E-state index contributed by atoms with van der Waals surface area (Å²) in [7, 11) is 0. The summed E-state index contributed by atoms with van der Waals surface area (Å²) in [6, 6.07) is 10.3. The highest BCUT2D eigenvalue weighted by Gasteiger charge is 2.16. The molecule has 0 heterocycles. The number of rotatable bonds is 5. The second-order valence-corrected chi connectivity index (χ2v) is 4.00. The Morgan fingerprint density at radius 1 is 1.21 bits per heavy atom. The molecule has 1 rings (SSSR count). The van der Waals surface area contributed by atoms with Crippen molar-refractivity contribution in [2.75, 3.05) is 6.54 Å². The van der Waals surface area contributed by atoms with Gasteiger partial charge >= 0.3 is 11.9 Å². The lowest BCUT2D eigenvalue weighted by molar-refractivity contribution is -0.152. The molecule has 6 nitrogen and oxygen atoms in total. The van der Waals surface area contributed by atoms with Crippen molar-refractivity contribution >= 4 is 11.9 Å². The van der Waals surface area contributed by atoms with Gasteiger partial charge < -0.3 is 21.1 Å². The summed E-state index contributed by atoms with van der Waals surface area (Å²) in [5.74, 6) is -2.36. The van der Waals surface area contributed by atoms with Crippen molar-refractivity contribution in [1.82, 2.24) is 0 Å². The van der Waals surface area contributed by atoms with Crippen molar-refractivity contribution in [2.24, 2.45) is 5.73 Å². The van der Waals surface area contributed by atoms with Gasteiger partial charge in [-0.1, -0.05) is 37.3 Å². The second kappa shape index (κ2) is 9.07. The van der Waals surface area contributed by atoms with E-state index >= 15 is 0 Å². The van der Waals surface area contributed by atoms with Crippen LogP contribution in [-0.4, -0.2) is 39.9 Å². The molecule has 0 radical (unpaired) electrons. The van der Waals surface area contributed by atoms with E-state index in [0.717, 1.165) is 6.54 Å². The van der Waals surface area contributed by atoms with Crippen LogP contribution in [0, 0.1) is 0 Å². The van der Waals surface area contributed by atoms with Gasteiger partial charge in [0.25, 0.3) is 0 Å². The maximum atomic E-state index is 9.72. The zero-order valence-corrected chi connectivity index (χ0v) is 10.7. The number of benzene rings is 1. The fraction of sp³-hybridized carbons (Fsp3) is 0.385. The first-order valence-electron chi connectivity index (χ1n) is 5.76. The summed E-state index contributed by atoms with van der Waals surface area (Å²) >= 11 is 0. The molecule has 0 saturated carbocycles. The Kier molecular flexibility index (Phi) is 8.15. The van der Waals surface area contributed by atoms with Gasteiger partial charge in [-0.15, -0.1) is 0 Å². The molecule has 0 aliphatic rings. The highest BCUT2D eigenvalue weighted by Crippen LogP contribution is 2.11. The zero-order chi connectivity index (χ0) is 14.8. The van der Waals surface area contributed by atoms with Gasteiger partial charge in [-0.2, -0.15) is 0 Å². The smallest absolute Gasteiger partial charge is 0.333 e. The third kappa shape index (κ3) is 7.91. The lowest BCUT2D eigenvalue weighted by atomic mass is 10.0. The summed E-state index contributed by atoms with van der Waals surface area (Å²) in [4.78, 5) is 19.4. The number of aliphatic hydroxyl groups is 1. The van der Waals surface area contributed by atoms with Crippen LogP contribution in [-0.2, 0) is 9.59 Å². The fourth-order valence-electron chi connectivity index (χ4n) is 1.17. The number of nitrogens with two attached hydrogens (primary N) is 1. The van der Waals surface area contributed by atoms with Crippen molar-refractivity contribution in [1.29, 1.82) is 0 Å². The quantitative estimate of drug-likeness (QED) is 0.623. The van der Waals surface area contributed by atoms with E-state index in [2.05, 4.69) is 19.1 Å². The Morgan fingerprint density at radius 2 is 1.74 bits per heavy atom. The first kappa shape index (κ1) is 17.1. The van der Waals surface area contributed by atoms with Gasteiger partial charge in [0, 0.05) is 0 Å². The standard InChI is InChI=1S/C9H13N.C4H6O5/c1-8(7-10)9-5-3-2-4-6-9;5-2(4(8)9)1-3(6)7/h2-6,8H,7,10H2,1H3;2,5H,1H2,(H,6,7)(H,8,9). The van der Waals surface area contributed by atoms with Gasteiger partial charge in [0.2, 0.25) is 0 Å². The van der Waals surface area contributed by atoms with Gasteiger partial charge in [0.15, 0.2) is 6.10 Å². The van der Waals surface area contributed by atoms with Crippen LogP contribution in [0.15, 0.2) is 30.3 Å². The van der Waals surface area contributed by atoms with Gasteiger partial charge in [-0.3, -0.25) is 4.79 Å².